The Morgan fingerprint density at radius 1 is 0.759 bits per heavy atom. The van der Waals surface area contributed by atoms with Gasteiger partial charge in [-0.2, -0.15) is 0 Å². The number of rotatable bonds is 8. The molecule has 0 fully saturated rings. The molecule has 0 saturated carbocycles. The summed E-state index contributed by atoms with van der Waals surface area (Å²) in [5.74, 6) is -0.581. The number of amides is 3. The highest BCUT2D eigenvalue weighted by Crippen LogP contribution is 2.11. The Morgan fingerprint density at radius 3 is 2.21 bits per heavy atom. The van der Waals surface area contributed by atoms with Crippen molar-refractivity contribution in [3.05, 3.63) is 89.9 Å². The van der Waals surface area contributed by atoms with Crippen LogP contribution in [0.15, 0.2) is 77.4 Å². The molecule has 0 spiro atoms. The van der Waals surface area contributed by atoms with Crippen LogP contribution in [0, 0.1) is 0 Å². The van der Waals surface area contributed by atoms with E-state index in [0.29, 0.717) is 12.2 Å². The summed E-state index contributed by atoms with van der Waals surface area (Å²) < 4.78 is 5.04. The highest BCUT2D eigenvalue weighted by molar-refractivity contribution is 6.02. The molecule has 148 valence electrons. The van der Waals surface area contributed by atoms with Gasteiger partial charge in [0.1, 0.15) is 0 Å². The molecular formula is C22H21N3O4. The zero-order chi connectivity index (χ0) is 20.5. The molecule has 1 heterocycles. The summed E-state index contributed by atoms with van der Waals surface area (Å²) in [7, 11) is 0. The highest BCUT2D eigenvalue weighted by Gasteiger charge is 2.09. The Bertz CT molecular complexity index is 951. The lowest BCUT2D eigenvalue weighted by Crippen LogP contribution is -2.37. The molecule has 0 saturated heterocycles. The van der Waals surface area contributed by atoms with Crippen LogP contribution in [0.25, 0.3) is 0 Å². The topological polar surface area (TPSA) is 100 Å². The third kappa shape index (κ3) is 6.35. The SMILES string of the molecule is O=C(CNC(=O)Cc1ccccc1)NCc1ccc(NC(=O)c2ccco2)cc1. The second-order valence-electron chi connectivity index (χ2n) is 6.34. The van der Waals surface area contributed by atoms with Crippen molar-refractivity contribution in [3.63, 3.8) is 0 Å². The van der Waals surface area contributed by atoms with Gasteiger partial charge in [0, 0.05) is 12.2 Å². The van der Waals surface area contributed by atoms with E-state index < -0.39 is 0 Å². The minimum Gasteiger partial charge on any atom is -0.459 e. The van der Waals surface area contributed by atoms with Crippen LogP contribution >= 0.6 is 0 Å². The lowest BCUT2D eigenvalue weighted by atomic mass is 10.1. The van der Waals surface area contributed by atoms with Crippen LogP contribution in [0.4, 0.5) is 5.69 Å². The molecule has 7 nitrogen and oxygen atoms in total. The Labute approximate surface area is 168 Å². The molecule has 3 N–H and O–H groups in total. The van der Waals surface area contributed by atoms with Gasteiger partial charge in [0.2, 0.25) is 11.8 Å². The minimum absolute atomic E-state index is 0.0804. The normalized spacial score (nSPS) is 10.2. The van der Waals surface area contributed by atoms with E-state index in [1.165, 1.54) is 6.26 Å². The van der Waals surface area contributed by atoms with Gasteiger partial charge in [-0.15, -0.1) is 0 Å². The summed E-state index contributed by atoms with van der Waals surface area (Å²) in [6, 6.07) is 19.6. The summed E-state index contributed by atoms with van der Waals surface area (Å²) in [4.78, 5) is 35.7. The Kier molecular flexibility index (Phi) is 6.78. The quantitative estimate of drug-likeness (QED) is 0.549. The van der Waals surface area contributed by atoms with E-state index in [0.717, 1.165) is 11.1 Å². The molecule has 3 rings (SSSR count). The fourth-order valence-corrected chi connectivity index (χ4v) is 2.59. The van der Waals surface area contributed by atoms with Crippen molar-refractivity contribution in [1.82, 2.24) is 10.6 Å². The first kappa shape index (κ1) is 19.9. The zero-order valence-corrected chi connectivity index (χ0v) is 15.7. The van der Waals surface area contributed by atoms with E-state index in [1.807, 2.05) is 30.3 Å². The molecule has 1 aromatic heterocycles. The van der Waals surface area contributed by atoms with Crippen molar-refractivity contribution < 1.29 is 18.8 Å². The molecule has 7 heteroatoms. The van der Waals surface area contributed by atoms with E-state index in [-0.39, 0.29) is 36.4 Å². The standard InChI is InChI=1S/C22H21N3O4/c26-20(13-16-5-2-1-3-6-16)24-15-21(27)23-14-17-8-10-18(11-9-17)25-22(28)19-7-4-12-29-19/h1-12H,13-15H2,(H,23,27)(H,24,26)(H,25,28). The van der Waals surface area contributed by atoms with Crippen molar-refractivity contribution in [1.29, 1.82) is 0 Å². The molecule has 3 aromatic rings. The molecule has 0 radical (unpaired) electrons. The molecule has 0 aliphatic carbocycles. The van der Waals surface area contributed by atoms with Crippen molar-refractivity contribution in [2.75, 3.05) is 11.9 Å². The van der Waals surface area contributed by atoms with Crippen LogP contribution in [0.5, 0.6) is 0 Å². The first-order chi connectivity index (χ1) is 14.1. The maximum atomic E-state index is 11.9. The van der Waals surface area contributed by atoms with Crippen molar-refractivity contribution in [2.45, 2.75) is 13.0 Å². The van der Waals surface area contributed by atoms with Gasteiger partial charge in [0.15, 0.2) is 5.76 Å². The van der Waals surface area contributed by atoms with E-state index in [4.69, 9.17) is 4.42 Å². The summed E-state index contributed by atoms with van der Waals surface area (Å²) in [6.45, 7) is 0.239. The minimum atomic E-state index is -0.331. The van der Waals surface area contributed by atoms with Gasteiger partial charge in [0.25, 0.3) is 5.91 Å². The first-order valence-corrected chi connectivity index (χ1v) is 9.11. The Hall–Kier alpha value is -3.87. The fraction of sp³-hybridized carbons (Fsp3) is 0.136. The molecule has 29 heavy (non-hydrogen) atoms. The maximum Gasteiger partial charge on any atom is 0.291 e. The van der Waals surface area contributed by atoms with Crippen LogP contribution in [-0.4, -0.2) is 24.3 Å². The van der Waals surface area contributed by atoms with Crippen LogP contribution in [0.3, 0.4) is 0 Å². The fourth-order valence-electron chi connectivity index (χ4n) is 2.59. The number of anilines is 1. The Morgan fingerprint density at radius 2 is 1.52 bits per heavy atom. The monoisotopic (exact) mass is 391 g/mol. The van der Waals surface area contributed by atoms with Gasteiger partial charge >= 0.3 is 0 Å². The van der Waals surface area contributed by atoms with Gasteiger partial charge in [-0.3, -0.25) is 14.4 Å². The Balaban J connectivity index is 1.38. The van der Waals surface area contributed by atoms with Crippen LogP contribution in [-0.2, 0) is 22.6 Å². The molecule has 0 aliphatic heterocycles. The average molecular weight is 391 g/mol. The molecule has 0 bridgehead atoms. The van der Waals surface area contributed by atoms with Crippen LogP contribution < -0.4 is 16.0 Å². The average Bonchev–Trinajstić information content (AvgIpc) is 3.28. The smallest absolute Gasteiger partial charge is 0.291 e. The summed E-state index contributed by atoms with van der Waals surface area (Å²) in [6.07, 6.45) is 1.67. The number of carbonyl (C=O) groups excluding carboxylic acids is 3. The largest absolute Gasteiger partial charge is 0.459 e. The zero-order valence-electron chi connectivity index (χ0n) is 15.7. The summed E-state index contributed by atoms with van der Waals surface area (Å²) in [5, 5.41) is 8.07. The van der Waals surface area contributed by atoms with Gasteiger partial charge < -0.3 is 20.4 Å². The van der Waals surface area contributed by atoms with E-state index in [2.05, 4.69) is 16.0 Å². The molecule has 3 amide bonds. The molecule has 2 aromatic carbocycles. The molecule has 0 aliphatic rings. The number of benzene rings is 2. The number of carbonyl (C=O) groups is 3. The predicted octanol–water partition coefficient (Wildman–Crippen LogP) is 2.51. The lowest BCUT2D eigenvalue weighted by Gasteiger charge is -2.08. The molecule has 0 atom stereocenters. The summed E-state index contributed by atoms with van der Waals surface area (Å²) in [5.41, 5.74) is 2.38. The van der Waals surface area contributed by atoms with Crippen molar-refractivity contribution >= 4 is 23.4 Å². The maximum absolute atomic E-state index is 11.9. The predicted molar refractivity (Wildman–Crippen MR) is 108 cm³/mol. The van der Waals surface area contributed by atoms with Crippen LogP contribution in [0.1, 0.15) is 21.7 Å². The molecule has 0 unspecified atom stereocenters. The third-order valence-electron chi connectivity index (χ3n) is 4.10. The van der Waals surface area contributed by atoms with Crippen molar-refractivity contribution in [2.24, 2.45) is 0 Å². The number of hydrogen-bond acceptors (Lipinski definition) is 4. The van der Waals surface area contributed by atoms with Crippen molar-refractivity contribution in [3.8, 4) is 0 Å². The first-order valence-electron chi connectivity index (χ1n) is 9.11. The third-order valence-corrected chi connectivity index (χ3v) is 4.10. The van der Waals surface area contributed by atoms with E-state index in [9.17, 15) is 14.4 Å². The van der Waals surface area contributed by atoms with E-state index >= 15 is 0 Å². The highest BCUT2D eigenvalue weighted by atomic mass is 16.3. The van der Waals surface area contributed by atoms with Gasteiger partial charge in [0.05, 0.1) is 19.2 Å². The number of nitrogens with one attached hydrogen (secondary N) is 3. The molecular weight excluding hydrogens is 370 g/mol. The second-order valence-corrected chi connectivity index (χ2v) is 6.34. The van der Waals surface area contributed by atoms with Gasteiger partial charge in [-0.25, -0.2) is 0 Å². The van der Waals surface area contributed by atoms with Gasteiger partial charge in [-0.1, -0.05) is 42.5 Å². The van der Waals surface area contributed by atoms with E-state index in [1.54, 1.807) is 36.4 Å². The lowest BCUT2D eigenvalue weighted by molar-refractivity contribution is -0.125. The summed E-state index contributed by atoms with van der Waals surface area (Å²) >= 11 is 0. The van der Waals surface area contributed by atoms with Gasteiger partial charge in [-0.05, 0) is 35.4 Å². The van der Waals surface area contributed by atoms with Crippen LogP contribution in [0.2, 0.25) is 0 Å². The second kappa shape index (κ2) is 9.89. The number of hydrogen-bond donors (Lipinski definition) is 3. The number of furan rings is 1.